The molecule has 0 aliphatic rings. The van der Waals surface area contributed by atoms with Gasteiger partial charge in [-0.05, 0) is 73.5 Å². The minimum Gasteiger partial charge on any atom is -0.457 e. The van der Waals surface area contributed by atoms with Gasteiger partial charge in [-0.2, -0.15) is 0 Å². The molecule has 0 aliphatic heterocycles. The summed E-state index contributed by atoms with van der Waals surface area (Å²) in [6.45, 7) is 4.05. The molecule has 4 rings (SSSR count). The molecule has 0 aliphatic carbocycles. The number of carbonyl (C=O) groups excluding carboxylic acids is 1. The lowest BCUT2D eigenvalue weighted by atomic mass is 10.1. The van der Waals surface area contributed by atoms with Gasteiger partial charge in [0.25, 0.3) is 5.91 Å². The molecule has 6 nitrogen and oxygen atoms in total. The largest absolute Gasteiger partial charge is 0.457 e. The van der Waals surface area contributed by atoms with Crippen LogP contribution in [0.2, 0.25) is 0 Å². The monoisotopic (exact) mass is 385 g/mol. The first kappa shape index (κ1) is 18.4. The van der Waals surface area contributed by atoms with E-state index in [0.29, 0.717) is 17.2 Å². The van der Waals surface area contributed by atoms with E-state index in [1.807, 2.05) is 62.4 Å². The van der Waals surface area contributed by atoms with Gasteiger partial charge in [0.1, 0.15) is 11.5 Å². The van der Waals surface area contributed by atoms with Crippen molar-refractivity contribution in [3.05, 3.63) is 89.5 Å². The number of carbonyl (C=O) groups is 1. The molecular weight excluding hydrogens is 366 g/mol. The minimum atomic E-state index is -0.341. The van der Waals surface area contributed by atoms with Gasteiger partial charge in [-0.3, -0.25) is 10.1 Å². The number of hydrogen-bond donors (Lipinski definition) is 1. The van der Waals surface area contributed by atoms with E-state index in [-0.39, 0.29) is 11.9 Å². The van der Waals surface area contributed by atoms with E-state index in [2.05, 4.69) is 15.5 Å². The van der Waals surface area contributed by atoms with Crippen molar-refractivity contribution in [2.75, 3.05) is 5.32 Å². The van der Waals surface area contributed by atoms with Crippen molar-refractivity contribution < 1.29 is 13.9 Å². The molecule has 0 fully saturated rings. The zero-order valence-corrected chi connectivity index (χ0v) is 16.0. The van der Waals surface area contributed by atoms with E-state index in [9.17, 15) is 4.79 Å². The molecule has 0 spiro atoms. The molecule has 1 amide bonds. The van der Waals surface area contributed by atoms with Crippen molar-refractivity contribution in [3.63, 3.8) is 0 Å². The molecule has 0 saturated heterocycles. The van der Waals surface area contributed by atoms with Crippen LogP contribution in [-0.4, -0.2) is 16.1 Å². The molecule has 144 valence electrons. The van der Waals surface area contributed by atoms with Crippen LogP contribution in [0.1, 0.15) is 21.5 Å². The molecule has 1 aromatic heterocycles. The van der Waals surface area contributed by atoms with Gasteiger partial charge in [0.2, 0.25) is 5.89 Å². The number of amides is 1. The summed E-state index contributed by atoms with van der Waals surface area (Å²) in [5.74, 6) is 1.39. The molecule has 29 heavy (non-hydrogen) atoms. The Balaban J connectivity index is 1.43. The van der Waals surface area contributed by atoms with Crippen molar-refractivity contribution in [2.24, 2.45) is 0 Å². The maximum absolute atomic E-state index is 12.4. The fraction of sp³-hybridized carbons (Fsp3) is 0.0870. The summed E-state index contributed by atoms with van der Waals surface area (Å²) in [5, 5.41) is 10.5. The van der Waals surface area contributed by atoms with Crippen LogP contribution in [0.25, 0.3) is 11.5 Å². The number of aryl methyl sites for hydroxylation is 2. The highest BCUT2D eigenvalue weighted by Crippen LogP contribution is 2.24. The molecule has 1 heterocycles. The van der Waals surface area contributed by atoms with E-state index >= 15 is 0 Å². The fourth-order valence-corrected chi connectivity index (χ4v) is 2.73. The SMILES string of the molecule is Cc1ccc(-c2nnc(NC(=O)c3ccc(Oc4ccccc4)cc3)o2)cc1C. The van der Waals surface area contributed by atoms with E-state index in [1.54, 1.807) is 24.3 Å². The van der Waals surface area contributed by atoms with Crippen molar-refractivity contribution in [1.82, 2.24) is 10.2 Å². The lowest BCUT2D eigenvalue weighted by molar-refractivity contribution is 0.102. The van der Waals surface area contributed by atoms with Crippen molar-refractivity contribution in [3.8, 4) is 23.0 Å². The molecule has 1 N–H and O–H groups in total. The zero-order chi connectivity index (χ0) is 20.2. The van der Waals surface area contributed by atoms with Crippen LogP contribution in [-0.2, 0) is 0 Å². The highest BCUT2D eigenvalue weighted by atomic mass is 16.5. The van der Waals surface area contributed by atoms with Gasteiger partial charge in [-0.25, -0.2) is 0 Å². The molecular formula is C23H19N3O3. The molecule has 0 bridgehead atoms. The van der Waals surface area contributed by atoms with Crippen LogP contribution >= 0.6 is 0 Å². The van der Waals surface area contributed by atoms with E-state index in [1.165, 1.54) is 5.56 Å². The summed E-state index contributed by atoms with van der Waals surface area (Å²) in [6.07, 6.45) is 0. The van der Waals surface area contributed by atoms with Gasteiger partial charge in [-0.1, -0.05) is 29.4 Å². The third kappa shape index (κ3) is 4.32. The van der Waals surface area contributed by atoms with Gasteiger partial charge < -0.3 is 9.15 Å². The quantitative estimate of drug-likeness (QED) is 0.498. The van der Waals surface area contributed by atoms with E-state index < -0.39 is 0 Å². The van der Waals surface area contributed by atoms with Crippen molar-refractivity contribution in [2.45, 2.75) is 13.8 Å². The number of anilines is 1. The van der Waals surface area contributed by atoms with Gasteiger partial charge in [0, 0.05) is 11.1 Å². The molecule has 6 heteroatoms. The number of nitrogens with one attached hydrogen (secondary N) is 1. The Morgan fingerprint density at radius 2 is 1.59 bits per heavy atom. The normalized spacial score (nSPS) is 10.6. The average molecular weight is 385 g/mol. The Morgan fingerprint density at radius 1 is 0.862 bits per heavy atom. The summed E-state index contributed by atoms with van der Waals surface area (Å²) >= 11 is 0. The first-order chi connectivity index (χ1) is 14.1. The lowest BCUT2D eigenvalue weighted by Crippen LogP contribution is -2.11. The Hall–Kier alpha value is -3.93. The first-order valence-electron chi connectivity index (χ1n) is 9.14. The number of para-hydroxylation sites is 1. The van der Waals surface area contributed by atoms with Gasteiger partial charge in [-0.15, -0.1) is 5.10 Å². The summed E-state index contributed by atoms with van der Waals surface area (Å²) < 4.78 is 11.3. The molecule has 0 saturated carbocycles. The van der Waals surface area contributed by atoms with E-state index in [0.717, 1.165) is 16.9 Å². The highest BCUT2D eigenvalue weighted by molar-refractivity contribution is 6.03. The zero-order valence-electron chi connectivity index (χ0n) is 16.0. The Morgan fingerprint density at radius 3 is 2.31 bits per heavy atom. The second-order valence-electron chi connectivity index (χ2n) is 6.61. The number of aromatic nitrogens is 2. The number of benzene rings is 3. The van der Waals surface area contributed by atoms with Gasteiger partial charge in [0.05, 0.1) is 0 Å². The fourth-order valence-electron chi connectivity index (χ4n) is 2.73. The van der Waals surface area contributed by atoms with Crippen LogP contribution in [0.4, 0.5) is 6.01 Å². The van der Waals surface area contributed by atoms with Crippen LogP contribution in [0.15, 0.2) is 77.2 Å². The average Bonchev–Trinajstić information content (AvgIpc) is 3.20. The lowest BCUT2D eigenvalue weighted by Gasteiger charge is -2.06. The van der Waals surface area contributed by atoms with Gasteiger partial charge >= 0.3 is 6.01 Å². The Kier molecular flexibility index (Phi) is 5.07. The second-order valence-corrected chi connectivity index (χ2v) is 6.61. The maximum Gasteiger partial charge on any atom is 0.322 e. The standard InChI is InChI=1S/C23H19N3O3/c1-15-8-9-18(14-16(15)2)22-25-26-23(29-22)24-21(27)17-10-12-20(13-11-17)28-19-6-4-3-5-7-19/h3-14H,1-2H3,(H,24,26,27). The number of rotatable bonds is 5. The van der Waals surface area contributed by atoms with Crippen LogP contribution in [0, 0.1) is 13.8 Å². The Bertz CT molecular complexity index is 1140. The molecule has 0 atom stereocenters. The molecule has 4 aromatic rings. The Labute approximate surface area is 168 Å². The molecule has 0 unspecified atom stereocenters. The maximum atomic E-state index is 12.4. The number of hydrogen-bond acceptors (Lipinski definition) is 5. The summed E-state index contributed by atoms with van der Waals surface area (Å²) in [6, 6.07) is 22.2. The van der Waals surface area contributed by atoms with Crippen molar-refractivity contribution >= 4 is 11.9 Å². The summed E-state index contributed by atoms with van der Waals surface area (Å²) in [7, 11) is 0. The second kappa shape index (κ2) is 7.98. The molecule has 3 aromatic carbocycles. The van der Waals surface area contributed by atoms with Crippen LogP contribution in [0.3, 0.4) is 0 Å². The number of ether oxygens (including phenoxy) is 1. The van der Waals surface area contributed by atoms with Crippen LogP contribution < -0.4 is 10.1 Å². The van der Waals surface area contributed by atoms with Crippen LogP contribution in [0.5, 0.6) is 11.5 Å². The third-order valence-corrected chi connectivity index (χ3v) is 4.49. The minimum absolute atomic E-state index is 0.0489. The summed E-state index contributed by atoms with van der Waals surface area (Å²) in [4.78, 5) is 12.4. The number of nitrogens with zero attached hydrogens (tertiary/aromatic N) is 2. The predicted octanol–water partition coefficient (Wildman–Crippen LogP) is 5.40. The van der Waals surface area contributed by atoms with Gasteiger partial charge in [0.15, 0.2) is 0 Å². The van der Waals surface area contributed by atoms with E-state index in [4.69, 9.17) is 9.15 Å². The molecule has 0 radical (unpaired) electrons. The highest BCUT2D eigenvalue weighted by Gasteiger charge is 2.13. The third-order valence-electron chi connectivity index (χ3n) is 4.49. The summed E-state index contributed by atoms with van der Waals surface area (Å²) in [5.41, 5.74) is 3.57. The van der Waals surface area contributed by atoms with Crippen molar-refractivity contribution in [1.29, 1.82) is 0 Å². The topological polar surface area (TPSA) is 77.2 Å². The first-order valence-corrected chi connectivity index (χ1v) is 9.14. The predicted molar refractivity (Wildman–Crippen MR) is 110 cm³/mol. The smallest absolute Gasteiger partial charge is 0.322 e.